The quantitative estimate of drug-likeness (QED) is 0.392. The molecule has 8 heteroatoms. The van der Waals surface area contributed by atoms with Crippen molar-refractivity contribution in [2.45, 2.75) is 77.5 Å². The Kier molecular flexibility index (Phi) is 10.1. The summed E-state index contributed by atoms with van der Waals surface area (Å²) in [5.41, 5.74) is 3.46. The number of amides is 2. The standard InChI is InChI=1S/C33H43N3O5/c1-33(2,3)41-32(40)35-18-15-25(16-19-35)11-7-8-12-26-13-14-27-23-36(20-17-24-9-5-4-6-10-24)31(39)29(22-30(37)38)34-28(27)21-26/h4-6,8-10,12-14,21,25,29,34H,7,11,15-20,22-23H2,1-3H3,(H,37,38)/t29-/m1/s1. The lowest BCUT2D eigenvalue weighted by atomic mass is 9.92. The molecule has 2 aromatic carbocycles. The number of hydrogen-bond donors (Lipinski definition) is 2. The van der Waals surface area contributed by atoms with E-state index in [1.807, 2.05) is 74.2 Å². The Morgan fingerprint density at radius 2 is 1.83 bits per heavy atom. The van der Waals surface area contributed by atoms with E-state index in [1.165, 1.54) is 0 Å². The van der Waals surface area contributed by atoms with Gasteiger partial charge >= 0.3 is 12.1 Å². The van der Waals surface area contributed by atoms with Crippen LogP contribution in [0.5, 0.6) is 0 Å². The van der Waals surface area contributed by atoms with E-state index in [-0.39, 0.29) is 18.4 Å². The van der Waals surface area contributed by atoms with Crippen molar-refractivity contribution < 1.29 is 24.2 Å². The van der Waals surface area contributed by atoms with E-state index in [0.29, 0.717) is 25.4 Å². The number of nitrogens with one attached hydrogen (secondary N) is 1. The molecule has 0 aliphatic carbocycles. The van der Waals surface area contributed by atoms with Crippen molar-refractivity contribution in [1.82, 2.24) is 9.80 Å². The van der Waals surface area contributed by atoms with Crippen LogP contribution in [0.4, 0.5) is 10.5 Å². The highest BCUT2D eigenvalue weighted by atomic mass is 16.6. The summed E-state index contributed by atoms with van der Waals surface area (Å²) in [4.78, 5) is 40.7. The van der Waals surface area contributed by atoms with Gasteiger partial charge in [0, 0.05) is 31.9 Å². The molecule has 0 spiro atoms. The number of fused-ring (bicyclic) bond motifs is 1. The van der Waals surface area contributed by atoms with Crippen LogP contribution < -0.4 is 5.32 Å². The van der Waals surface area contributed by atoms with Crippen LogP contribution in [0.1, 0.15) is 69.6 Å². The fraction of sp³-hybridized carbons (Fsp3) is 0.485. The molecule has 1 saturated heterocycles. The van der Waals surface area contributed by atoms with E-state index < -0.39 is 17.6 Å². The number of ether oxygens (including phenoxy) is 1. The fourth-order valence-electron chi connectivity index (χ4n) is 5.42. The van der Waals surface area contributed by atoms with Crippen LogP contribution in [-0.4, -0.2) is 64.2 Å². The second-order valence-corrected chi connectivity index (χ2v) is 12.1. The summed E-state index contributed by atoms with van der Waals surface area (Å²) >= 11 is 0. The number of anilines is 1. The fourth-order valence-corrected chi connectivity index (χ4v) is 5.42. The second-order valence-electron chi connectivity index (χ2n) is 12.1. The van der Waals surface area contributed by atoms with Gasteiger partial charge in [0.1, 0.15) is 11.6 Å². The van der Waals surface area contributed by atoms with Crippen LogP contribution in [0.15, 0.2) is 54.6 Å². The predicted molar refractivity (Wildman–Crippen MR) is 160 cm³/mol. The lowest BCUT2D eigenvalue weighted by molar-refractivity contribution is -0.141. The van der Waals surface area contributed by atoms with Gasteiger partial charge < -0.3 is 25.0 Å². The van der Waals surface area contributed by atoms with E-state index in [1.54, 1.807) is 4.90 Å². The summed E-state index contributed by atoms with van der Waals surface area (Å²) in [7, 11) is 0. The number of carboxylic acid groups (broad SMARTS) is 1. The number of aliphatic carboxylic acids is 1. The lowest BCUT2D eigenvalue weighted by Gasteiger charge is -2.33. The maximum absolute atomic E-state index is 13.3. The minimum atomic E-state index is -1.00. The van der Waals surface area contributed by atoms with E-state index >= 15 is 0 Å². The third-order valence-electron chi connectivity index (χ3n) is 7.64. The Balaban J connectivity index is 1.33. The molecule has 0 saturated carbocycles. The molecule has 2 aliphatic heterocycles. The Hall–Kier alpha value is -3.81. The molecule has 1 fully saturated rings. The first kappa shape index (κ1) is 30.2. The summed E-state index contributed by atoms with van der Waals surface area (Å²) in [5, 5.41) is 12.7. The summed E-state index contributed by atoms with van der Waals surface area (Å²) in [6.07, 6.45) is 8.44. The molecular formula is C33H43N3O5. The van der Waals surface area contributed by atoms with Gasteiger partial charge in [0.25, 0.3) is 0 Å². The number of carboxylic acids is 1. The van der Waals surface area contributed by atoms with Gasteiger partial charge in [-0.3, -0.25) is 9.59 Å². The zero-order valence-electron chi connectivity index (χ0n) is 24.5. The molecule has 0 unspecified atom stereocenters. The molecule has 0 bridgehead atoms. The largest absolute Gasteiger partial charge is 0.481 e. The van der Waals surface area contributed by atoms with Gasteiger partial charge in [0.15, 0.2) is 0 Å². The number of likely N-dealkylation sites (tertiary alicyclic amines) is 1. The van der Waals surface area contributed by atoms with Crippen molar-refractivity contribution >= 4 is 29.7 Å². The first-order valence-corrected chi connectivity index (χ1v) is 14.7. The summed E-state index contributed by atoms with van der Waals surface area (Å²) in [6.45, 7) is 8.10. The highest BCUT2D eigenvalue weighted by Gasteiger charge is 2.31. The van der Waals surface area contributed by atoms with E-state index in [0.717, 1.165) is 61.2 Å². The molecule has 2 amide bonds. The zero-order valence-corrected chi connectivity index (χ0v) is 24.5. The number of benzene rings is 2. The van der Waals surface area contributed by atoms with Gasteiger partial charge in [-0.05, 0) is 81.5 Å². The van der Waals surface area contributed by atoms with Gasteiger partial charge in [0.05, 0.1) is 6.42 Å². The molecule has 1 atom stereocenters. The van der Waals surface area contributed by atoms with E-state index in [2.05, 4.69) is 17.5 Å². The van der Waals surface area contributed by atoms with Crippen molar-refractivity contribution in [3.05, 3.63) is 71.3 Å². The third-order valence-corrected chi connectivity index (χ3v) is 7.64. The molecular weight excluding hydrogens is 518 g/mol. The Morgan fingerprint density at radius 1 is 1.10 bits per heavy atom. The van der Waals surface area contributed by atoms with Crippen LogP contribution >= 0.6 is 0 Å². The Bertz CT molecular complexity index is 1230. The number of carbonyl (C=O) groups excluding carboxylic acids is 2. The van der Waals surface area contributed by atoms with Crippen LogP contribution in [0.2, 0.25) is 0 Å². The molecule has 0 radical (unpaired) electrons. The second kappa shape index (κ2) is 13.7. The highest BCUT2D eigenvalue weighted by Crippen LogP contribution is 2.27. The van der Waals surface area contributed by atoms with Gasteiger partial charge in [-0.25, -0.2) is 4.79 Å². The average Bonchev–Trinajstić information content (AvgIpc) is 3.05. The molecule has 2 N–H and O–H groups in total. The maximum atomic E-state index is 13.3. The van der Waals surface area contributed by atoms with Gasteiger partial charge in [-0.2, -0.15) is 0 Å². The Labute approximate surface area is 243 Å². The van der Waals surface area contributed by atoms with Crippen molar-refractivity contribution in [2.75, 3.05) is 25.0 Å². The predicted octanol–water partition coefficient (Wildman–Crippen LogP) is 5.97. The topological polar surface area (TPSA) is 99.2 Å². The highest BCUT2D eigenvalue weighted by molar-refractivity contribution is 5.90. The molecule has 41 heavy (non-hydrogen) atoms. The summed E-state index contributed by atoms with van der Waals surface area (Å²) in [6, 6.07) is 15.3. The smallest absolute Gasteiger partial charge is 0.410 e. The Morgan fingerprint density at radius 3 is 2.51 bits per heavy atom. The molecule has 4 rings (SSSR count). The van der Waals surface area contributed by atoms with E-state index in [9.17, 15) is 19.5 Å². The van der Waals surface area contributed by atoms with Crippen LogP contribution in [0.25, 0.3) is 6.08 Å². The lowest BCUT2D eigenvalue weighted by Crippen LogP contribution is -2.42. The number of piperidine rings is 1. The molecule has 2 aromatic rings. The monoisotopic (exact) mass is 561 g/mol. The number of nitrogens with zero attached hydrogens (tertiary/aromatic N) is 2. The first-order chi connectivity index (χ1) is 19.6. The summed E-state index contributed by atoms with van der Waals surface area (Å²) in [5.74, 6) is -0.610. The van der Waals surface area contributed by atoms with Crippen LogP contribution in [-0.2, 0) is 27.3 Å². The van der Waals surface area contributed by atoms with Crippen molar-refractivity contribution in [3.8, 4) is 0 Å². The maximum Gasteiger partial charge on any atom is 0.410 e. The van der Waals surface area contributed by atoms with Gasteiger partial charge in [-0.15, -0.1) is 0 Å². The van der Waals surface area contributed by atoms with E-state index in [4.69, 9.17) is 4.74 Å². The van der Waals surface area contributed by atoms with Gasteiger partial charge in [-0.1, -0.05) is 54.6 Å². The molecule has 8 nitrogen and oxygen atoms in total. The minimum Gasteiger partial charge on any atom is -0.481 e. The molecule has 0 aromatic heterocycles. The van der Waals surface area contributed by atoms with Crippen molar-refractivity contribution in [1.29, 1.82) is 0 Å². The van der Waals surface area contributed by atoms with Crippen molar-refractivity contribution in [3.63, 3.8) is 0 Å². The van der Waals surface area contributed by atoms with Crippen LogP contribution in [0, 0.1) is 5.92 Å². The zero-order chi connectivity index (χ0) is 29.4. The van der Waals surface area contributed by atoms with Gasteiger partial charge in [0.2, 0.25) is 5.91 Å². The molecule has 220 valence electrons. The SMILES string of the molecule is CC(C)(C)OC(=O)N1CCC(CCC=Cc2ccc3c(c2)N[C@H](CC(=O)O)C(=O)N(CCc2ccccc2)C3)CC1. The van der Waals surface area contributed by atoms with Crippen molar-refractivity contribution in [2.24, 2.45) is 5.92 Å². The number of allylic oxidation sites excluding steroid dienone is 1. The molecule has 2 heterocycles. The number of carbonyl (C=O) groups is 3. The minimum absolute atomic E-state index is 0.186. The molecule has 2 aliphatic rings. The normalized spacial score (nSPS) is 18.1. The first-order valence-electron chi connectivity index (χ1n) is 14.7. The summed E-state index contributed by atoms with van der Waals surface area (Å²) < 4.78 is 5.50. The number of rotatable bonds is 9. The number of hydrogen-bond acceptors (Lipinski definition) is 5. The van der Waals surface area contributed by atoms with Crippen LogP contribution in [0.3, 0.4) is 0 Å². The third kappa shape index (κ3) is 9.10. The average molecular weight is 562 g/mol.